The lowest BCUT2D eigenvalue weighted by Crippen LogP contribution is -2.44. The number of ketones is 1. The van der Waals surface area contributed by atoms with Crippen LogP contribution in [0.2, 0.25) is 5.02 Å². The Balaban J connectivity index is 1.50. The zero-order valence-corrected chi connectivity index (χ0v) is 20.9. The van der Waals surface area contributed by atoms with E-state index in [9.17, 15) is 26.8 Å². The van der Waals surface area contributed by atoms with Crippen LogP contribution >= 0.6 is 11.6 Å². The van der Waals surface area contributed by atoms with Gasteiger partial charge in [-0.15, -0.1) is 0 Å². The maximum absolute atomic E-state index is 14.5. The molecule has 2 aliphatic rings. The normalized spacial score (nSPS) is 21.2. The molecular weight excluding hydrogens is 500 g/mol. The van der Waals surface area contributed by atoms with Gasteiger partial charge >= 0.3 is 0 Å². The highest BCUT2D eigenvalue weighted by Gasteiger charge is 2.39. The van der Waals surface area contributed by atoms with E-state index in [4.69, 9.17) is 11.6 Å². The van der Waals surface area contributed by atoms with E-state index in [1.54, 1.807) is 0 Å². The van der Waals surface area contributed by atoms with Gasteiger partial charge in [-0.3, -0.25) is 14.6 Å². The molecule has 2 fully saturated rings. The number of benzene rings is 1. The van der Waals surface area contributed by atoms with Crippen molar-refractivity contribution in [2.24, 2.45) is 11.8 Å². The molecule has 0 bridgehead atoms. The third kappa shape index (κ3) is 5.70. The number of amides is 1. The number of carbonyl (C=O) groups excluding carboxylic acids is 2. The number of nitrogens with zero attached hydrogens (tertiary/aromatic N) is 2. The van der Waals surface area contributed by atoms with E-state index in [1.165, 1.54) is 23.4 Å². The summed E-state index contributed by atoms with van der Waals surface area (Å²) in [7, 11) is -3.55. The van der Waals surface area contributed by atoms with Gasteiger partial charge in [0.15, 0.2) is 15.6 Å². The van der Waals surface area contributed by atoms with E-state index in [0.717, 1.165) is 31.2 Å². The van der Waals surface area contributed by atoms with E-state index in [1.807, 2.05) is 6.92 Å². The number of Topliss-reactive ketones (excluding diaryl/α,β-unsaturated/α-hetero) is 1. The Labute approximate surface area is 207 Å². The molecule has 11 heteroatoms. The molecule has 3 atom stereocenters. The molecule has 0 unspecified atom stereocenters. The minimum atomic E-state index is -3.55. The van der Waals surface area contributed by atoms with Crippen LogP contribution in [0.15, 0.2) is 35.5 Å². The fourth-order valence-corrected chi connectivity index (χ4v) is 5.29. The Morgan fingerprint density at radius 2 is 1.91 bits per heavy atom. The zero-order chi connectivity index (χ0) is 25.5. The molecule has 1 saturated heterocycles. The van der Waals surface area contributed by atoms with Crippen LogP contribution in [0.1, 0.15) is 48.1 Å². The molecule has 1 aliphatic carbocycles. The van der Waals surface area contributed by atoms with Gasteiger partial charge in [-0.2, -0.15) is 0 Å². The molecule has 188 valence electrons. The first-order valence-corrected chi connectivity index (χ1v) is 13.6. The lowest BCUT2D eigenvalue weighted by molar-refractivity contribution is -0.122. The number of likely N-dealkylation sites (tertiary alicyclic amines) is 1. The molecule has 1 amide bonds. The average Bonchev–Trinajstić information content (AvgIpc) is 3.56. The smallest absolute Gasteiger partial charge is 0.256 e. The molecule has 1 aromatic carbocycles. The summed E-state index contributed by atoms with van der Waals surface area (Å²) in [5.41, 5.74) is 0.209. The van der Waals surface area contributed by atoms with Gasteiger partial charge in [0.2, 0.25) is 0 Å². The molecule has 35 heavy (non-hydrogen) atoms. The zero-order valence-electron chi connectivity index (χ0n) is 19.3. The fourth-order valence-electron chi connectivity index (χ4n) is 4.54. The van der Waals surface area contributed by atoms with Gasteiger partial charge in [0.1, 0.15) is 11.6 Å². The highest BCUT2D eigenvalue weighted by molar-refractivity contribution is 7.90. The minimum absolute atomic E-state index is 0.0565. The highest BCUT2D eigenvalue weighted by atomic mass is 35.5. The van der Waals surface area contributed by atoms with Crippen molar-refractivity contribution in [2.45, 2.75) is 43.2 Å². The van der Waals surface area contributed by atoms with Crippen molar-refractivity contribution >= 4 is 33.1 Å². The maximum atomic E-state index is 14.5. The molecule has 0 radical (unpaired) electrons. The molecule has 1 aromatic heterocycles. The Bertz CT molecular complexity index is 1270. The number of rotatable bonds is 8. The molecule has 1 N–H and O–H groups in total. The molecule has 1 aliphatic heterocycles. The SMILES string of the molecule is C[C@@H]1C[C@H](C(=O)CN[C@@H](c2cc(F)c(Cl)cc2F)C2CC2)N(C(=O)c2cncc(S(C)(=O)=O)c2)C1. The molecule has 1 saturated carbocycles. The number of aromatic nitrogens is 1. The topological polar surface area (TPSA) is 96.4 Å². The van der Waals surface area contributed by atoms with E-state index in [0.29, 0.717) is 13.0 Å². The van der Waals surface area contributed by atoms with Crippen molar-refractivity contribution in [1.29, 1.82) is 0 Å². The van der Waals surface area contributed by atoms with Crippen LogP contribution in [0.4, 0.5) is 8.78 Å². The van der Waals surface area contributed by atoms with E-state index >= 15 is 0 Å². The fraction of sp³-hybridized carbons (Fsp3) is 0.458. The van der Waals surface area contributed by atoms with Gasteiger partial charge in [-0.1, -0.05) is 18.5 Å². The van der Waals surface area contributed by atoms with Crippen molar-refractivity contribution in [3.8, 4) is 0 Å². The number of hydrogen-bond donors (Lipinski definition) is 1. The monoisotopic (exact) mass is 525 g/mol. The quantitative estimate of drug-likeness (QED) is 0.529. The number of carbonyl (C=O) groups is 2. The van der Waals surface area contributed by atoms with Gasteiger partial charge in [-0.25, -0.2) is 17.2 Å². The maximum Gasteiger partial charge on any atom is 0.256 e. The van der Waals surface area contributed by atoms with E-state index < -0.39 is 39.5 Å². The van der Waals surface area contributed by atoms with Crippen molar-refractivity contribution in [2.75, 3.05) is 19.3 Å². The minimum Gasteiger partial charge on any atom is -0.328 e. The summed E-state index contributed by atoms with van der Waals surface area (Å²) in [5, 5.41) is 2.77. The van der Waals surface area contributed by atoms with Crippen molar-refractivity contribution < 1.29 is 26.8 Å². The van der Waals surface area contributed by atoms with Crippen LogP contribution in [-0.2, 0) is 14.6 Å². The lowest BCUT2D eigenvalue weighted by atomic mass is 10.00. The van der Waals surface area contributed by atoms with Crippen molar-refractivity contribution in [3.05, 3.63) is 58.4 Å². The second-order valence-corrected chi connectivity index (χ2v) is 11.9. The lowest BCUT2D eigenvalue weighted by Gasteiger charge is -2.25. The van der Waals surface area contributed by atoms with Crippen LogP contribution in [0.5, 0.6) is 0 Å². The summed E-state index contributed by atoms with van der Waals surface area (Å²) in [4.78, 5) is 31.6. The van der Waals surface area contributed by atoms with Crippen LogP contribution in [-0.4, -0.2) is 55.4 Å². The second-order valence-electron chi connectivity index (χ2n) is 9.45. The predicted octanol–water partition coefficient (Wildman–Crippen LogP) is 3.58. The van der Waals surface area contributed by atoms with Crippen molar-refractivity contribution in [3.63, 3.8) is 0 Å². The first kappa shape index (κ1) is 25.7. The largest absolute Gasteiger partial charge is 0.328 e. The third-order valence-corrected chi connectivity index (χ3v) is 7.86. The number of sulfone groups is 1. The summed E-state index contributed by atoms with van der Waals surface area (Å²) in [6.45, 7) is 2.13. The van der Waals surface area contributed by atoms with Crippen LogP contribution in [0, 0.1) is 23.5 Å². The Hall–Kier alpha value is -2.43. The van der Waals surface area contributed by atoms with E-state index in [-0.39, 0.29) is 45.2 Å². The molecule has 7 nitrogen and oxygen atoms in total. The van der Waals surface area contributed by atoms with Crippen molar-refractivity contribution in [1.82, 2.24) is 15.2 Å². The van der Waals surface area contributed by atoms with Gasteiger partial charge in [0, 0.05) is 36.8 Å². The predicted molar refractivity (Wildman–Crippen MR) is 126 cm³/mol. The Morgan fingerprint density at radius 1 is 1.20 bits per heavy atom. The number of hydrogen-bond acceptors (Lipinski definition) is 6. The number of halogens is 3. The first-order chi connectivity index (χ1) is 16.5. The summed E-state index contributed by atoms with van der Waals surface area (Å²) >= 11 is 5.68. The molecule has 4 rings (SSSR count). The standard InChI is InChI=1S/C24H26ClF2N3O4S/c1-13-5-21(30(12-13)24(32)15-6-16(10-28-9-15)35(2,33)34)22(31)11-29-23(14-3-4-14)17-7-20(27)18(25)8-19(17)26/h6-10,13-14,21,23,29H,3-5,11-12H2,1-2H3/t13-,21-,23-/m1/s1. The molecule has 0 spiro atoms. The number of nitrogens with one attached hydrogen (secondary N) is 1. The van der Waals surface area contributed by atoms with Crippen LogP contribution in [0.3, 0.4) is 0 Å². The average molecular weight is 526 g/mol. The highest BCUT2D eigenvalue weighted by Crippen LogP contribution is 2.42. The summed E-state index contributed by atoms with van der Waals surface area (Å²) < 4.78 is 52.3. The van der Waals surface area contributed by atoms with Gasteiger partial charge in [0.05, 0.1) is 28.1 Å². The summed E-state index contributed by atoms with van der Waals surface area (Å²) in [6.07, 6.45) is 5.57. The second kappa shape index (κ2) is 9.91. The van der Waals surface area contributed by atoms with Gasteiger partial charge in [0.25, 0.3) is 5.91 Å². The van der Waals surface area contributed by atoms with Gasteiger partial charge in [-0.05, 0) is 49.3 Å². The van der Waals surface area contributed by atoms with Crippen LogP contribution < -0.4 is 5.32 Å². The molecule has 2 aromatic rings. The molecular formula is C24H26ClF2N3O4S. The van der Waals surface area contributed by atoms with Gasteiger partial charge < -0.3 is 10.2 Å². The first-order valence-electron chi connectivity index (χ1n) is 11.3. The summed E-state index contributed by atoms with van der Waals surface area (Å²) in [6, 6.07) is 1.98. The third-order valence-electron chi connectivity index (χ3n) is 6.50. The number of pyridine rings is 1. The summed E-state index contributed by atoms with van der Waals surface area (Å²) in [5.74, 6) is -1.97. The van der Waals surface area contributed by atoms with E-state index in [2.05, 4.69) is 10.3 Å². The Kier molecular flexibility index (Phi) is 7.26. The van der Waals surface area contributed by atoms with Crippen LogP contribution in [0.25, 0.3) is 0 Å². The Morgan fingerprint density at radius 3 is 2.57 bits per heavy atom. The molecule has 2 heterocycles.